The number of carbonyl (C=O) groups is 1. The fourth-order valence-electron chi connectivity index (χ4n) is 1.96. The highest BCUT2D eigenvalue weighted by molar-refractivity contribution is 9.10. The van der Waals surface area contributed by atoms with Gasteiger partial charge in [-0.05, 0) is 50.1 Å². The van der Waals surface area contributed by atoms with Crippen LogP contribution in [0.3, 0.4) is 0 Å². The topological polar surface area (TPSA) is 54.0 Å². The molecule has 0 spiro atoms. The Balaban J connectivity index is 2.16. The van der Waals surface area contributed by atoms with Crippen LogP contribution in [0.4, 0.5) is 11.4 Å². The van der Waals surface area contributed by atoms with E-state index >= 15 is 0 Å². The van der Waals surface area contributed by atoms with Gasteiger partial charge in [-0.1, -0.05) is 22.9 Å². The van der Waals surface area contributed by atoms with Crippen molar-refractivity contribution < 1.29 is 4.79 Å². The summed E-state index contributed by atoms with van der Waals surface area (Å²) in [5, 5.41) is 6.24. The molecule has 0 aliphatic heterocycles. The van der Waals surface area contributed by atoms with Crippen molar-refractivity contribution in [2.75, 3.05) is 5.32 Å². The molecule has 0 radical (unpaired) electrons. The van der Waals surface area contributed by atoms with Crippen LogP contribution in [0.1, 0.15) is 36.2 Å². The minimum atomic E-state index is -0.0990. The lowest BCUT2D eigenvalue weighted by Gasteiger charge is -2.13. The van der Waals surface area contributed by atoms with Crippen molar-refractivity contribution in [3.8, 4) is 0 Å². The number of anilines is 2. The third kappa shape index (κ3) is 4.31. The summed E-state index contributed by atoms with van der Waals surface area (Å²) in [6.07, 6.45) is 4.19. The number of amides is 1. The van der Waals surface area contributed by atoms with Crippen LogP contribution in [0.25, 0.3) is 0 Å². The molecule has 22 heavy (non-hydrogen) atoms. The quantitative estimate of drug-likeness (QED) is 0.828. The number of nitrogens with one attached hydrogen (secondary N) is 2. The maximum absolute atomic E-state index is 12.1. The molecule has 0 bridgehead atoms. The van der Waals surface area contributed by atoms with Gasteiger partial charge in [-0.3, -0.25) is 9.78 Å². The third-order valence-corrected chi connectivity index (χ3v) is 3.95. The monoisotopic (exact) mass is 361 g/mol. The fourth-order valence-corrected chi connectivity index (χ4v) is 2.44. The second-order valence-electron chi connectivity index (χ2n) is 5.33. The Morgan fingerprint density at radius 1 is 1.32 bits per heavy atom. The van der Waals surface area contributed by atoms with Crippen LogP contribution >= 0.6 is 15.9 Å². The molecule has 2 aromatic rings. The first kappa shape index (κ1) is 16.5. The van der Waals surface area contributed by atoms with Crippen molar-refractivity contribution in [1.29, 1.82) is 0 Å². The van der Waals surface area contributed by atoms with E-state index in [0.717, 1.165) is 27.8 Å². The Morgan fingerprint density at radius 2 is 2.09 bits per heavy atom. The molecule has 1 amide bonds. The second-order valence-corrected chi connectivity index (χ2v) is 6.24. The Hall–Kier alpha value is -1.88. The lowest BCUT2D eigenvalue weighted by molar-refractivity contribution is 0.0939. The zero-order chi connectivity index (χ0) is 16.1. The van der Waals surface area contributed by atoms with E-state index in [0.29, 0.717) is 5.56 Å². The zero-order valence-electron chi connectivity index (χ0n) is 13.0. The molecule has 1 atom stereocenters. The first-order valence-corrected chi connectivity index (χ1v) is 8.08. The van der Waals surface area contributed by atoms with Crippen LogP contribution in [0.5, 0.6) is 0 Å². The van der Waals surface area contributed by atoms with Gasteiger partial charge in [0.1, 0.15) is 0 Å². The minimum Gasteiger partial charge on any atom is -0.354 e. The van der Waals surface area contributed by atoms with Crippen LogP contribution in [0.2, 0.25) is 0 Å². The summed E-state index contributed by atoms with van der Waals surface area (Å²) < 4.78 is 1.04. The highest BCUT2D eigenvalue weighted by Crippen LogP contribution is 2.23. The standard InChI is InChI=1S/C17H20BrN3O/c1-4-12(3)20-17(22)13-8-15(10-19-9-13)21-16-6-5-14(18)7-11(16)2/h5-10,12,21H,4H2,1-3H3,(H,20,22). The lowest BCUT2D eigenvalue weighted by Crippen LogP contribution is -2.31. The number of carbonyl (C=O) groups excluding carboxylic acids is 1. The lowest BCUT2D eigenvalue weighted by atomic mass is 10.2. The number of hydrogen-bond donors (Lipinski definition) is 2. The summed E-state index contributed by atoms with van der Waals surface area (Å²) in [6.45, 7) is 6.05. The summed E-state index contributed by atoms with van der Waals surface area (Å²) in [7, 11) is 0. The van der Waals surface area contributed by atoms with Gasteiger partial charge >= 0.3 is 0 Å². The summed E-state index contributed by atoms with van der Waals surface area (Å²) in [5.74, 6) is -0.0990. The molecule has 1 aromatic carbocycles. The Labute approximate surface area is 139 Å². The third-order valence-electron chi connectivity index (χ3n) is 3.46. The van der Waals surface area contributed by atoms with Crippen LogP contribution in [-0.4, -0.2) is 16.9 Å². The Kier molecular flexibility index (Phi) is 5.55. The predicted molar refractivity (Wildman–Crippen MR) is 93.6 cm³/mol. The predicted octanol–water partition coefficient (Wildman–Crippen LogP) is 4.42. The van der Waals surface area contributed by atoms with Crippen molar-refractivity contribution in [3.05, 3.63) is 52.3 Å². The number of aromatic nitrogens is 1. The molecule has 0 aliphatic carbocycles. The molecule has 5 heteroatoms. The number of aryl methyl sites for hydroxylation is 1. The van der Waals surface area contributed by atoms with E-state index in [4.69, 9.17) is 0 Å². The molecule has 0 aliphatic rings. The van der Waals surface area contributed by atoms with Gasteiger partial charge in [0, 0.05) is 22.4 Å². The van der Waals surface area contributed by atoms with Crippen molar-refractivity contribution in [1.82, 2.24) is 10.3 Å². The van der Waals surface area contributed by atoms with Crippen molar-refractivity contribution in [3.63, 3.8) is 0 Å². The van der Waals surface area contributed by atoms with E-state index in [-0.39, 0.29) is 11.9 Å². The molecule has 0 fully saturated rings. The summed E-state index contributed by atoms with van der Waals surface area (Å²) in [5.41, 5.74) is 3.45. The molecule has 0 saturated heterocycles. The van der Waals surface area contributed by atoms with E-state index in [9.17, 15) is 4.79 Å². The molecule has 116 valence electrons. The molecule has 1 heterocycles. The van der Waals surface area contributed by atoms with Crippen LogP contribution in [0, 0.1) is 6.92 Å². The number of halogens is 1. The first-order valence-electron chi connectivity index (χ1n) is 7.28. The van der Waals surface area contributed by atoms with Crippen LogP contribution in [0.15, 0.2) is 41.1 Å². The molecular formula is C17H20BrN3O. The van der Waals surface area contributed by atoms with Crippen LogP contribution < -0.4 is 10.6 Å². The number of hydrogen-bond acceptors (Lipinski definition) is 3. The second kappa shape index (κ2) is 7.40. The average Bonchev–Trinajstić information content (AvgIpc) is 2.50. The van der Waals surface area contributed by atoms with Crippen molar-refractivity contribution in [2.24, 2.45) is 0 Å². The molecular weight excluding hydrogens is 342 g/mol. The number of benzene rings is 1. The molecule has 4 nitrogen and oxygen atoms in total. The molecule has 2 rings (SSSR count). The van der Waals surface area contributed by atoms with Crippen molar-refractivity contribution in [2.45, 2.75) is 33.2 Å². The average molecular weight is 362 g/mol. The fraction of sp³-hybridized carbons (Fsp3) is 0.294. The smallest absolute Gasteiger partial charge is 0.253 e. The van der Waals surface area contributed by atoms with Gasteiger partial charge in [0.2, 0.25) is 0 Å². The summed E-state index contributed by atoms with van der Waals surface area (Å²) in [4.78, 5) is 16.3. The largest absolute Gasteiger partial charge is 0.354 e. The Morgan fingerprint density at radius 3 is 2.77 bits per heavy atom. The highest BCUT2D eigenvalue weighted by Gasteiger charge is 2.10. The van der Waals surface area contributed by atoms with E-state index < -0.39 is 0 Å². The van der Waals surface area contributed by atoms with Gasteiger partial charge in [0.05, 0.1) is 17.4 Å². The number of nitrogens with zero attached hydrogens (tertiary/aromatic N) is 1. The highest BCUT2D eigenvalue weighted by atomic mass is 79.9. The summed E-state index contributed by atoms with van der Waals surface area (Å²) >= 11 is 3.45. The van der Waals surface area contributed by atoms with E-state index in [1.165, 1.54) is 0 Å². The van der Waals surface area contributed by atoms with E-state index in [1.54, 1.807) is 12.4 Å². The molecule has 1 unspecified atom stereocenters. The van der Waals surface area contributed by atoms with E-state index in [2.05, 4.69) is 31.5 Å². The van der Waals surface area contributed by atoms with Gasteiger partial charge in [0.25, 0.3) is 5.91 Å². The minimum absolute atomic E-state index is 0.0990. The van der Waals surface area contributed by atoms with Gasteiger partial charge in [-0.2, -0.15) is 0 Å². The first-order chi connectivity index (χ1) is 10.5. The summed E-state index contributed by atoms with van der Waals surface area (Å²) in [6, 6.07) is 7.97. The molecule has 0 saturated carbocycles. The number of rotatable bonds is 5. The SMILES string of the molecule is CCC(C)NC(=O)c1cncc(Nc2ccc(Br)cc2C)c1. The van der Waals surface area contributed by atoms with E-state index in [1.807, 2.05) is 45.0 Å². The van der Waals surface area contributed by atoms with Gasteiger partial charge in [-0.25, -0.2) is 0 Å². The Bertz CT molecular complexity index is 673. The molecule has 1 aromatic heterocycles. The normalized spacial score (nSPS) is 11.8. The van der Waals surface area contributed by atoms with Gasteiger partial charge in [0.15, 0.2) is 0 Å². The van der Waals surface area contributed by atoms with Crippen molar-refractivity contribution >= 4 is 33.2 Å². The number of pyridine rings is 1. The molecule has 2 N–H and O–H groups in total. The zero-order valence-corrected chi connectivity index (χ0v) is 14.6. The van der Waals surface area contributed by atoms with Crippen LogP contribution in [-0.2, 0) is 0 Å². The van der Waals surface area contributed by atoms with Gasteiger partial charge < -0.3 is 10.6 Å². The maximum atomic E-state index is 12.1. The van der Waals surface area contributed by atoms with Gasteiger partial charge in [-0.15, -0.1) is 0 Å². The maximum Gasteiger partial charge on any atom is 0.253 e.